The van der Waals surface area contributed by atoms with Crippen LogP contribution in [-0.2, 0) is 14.3 Å². The van der Waals surface area contributed by atoms with Crippen LogP contribution < -0.4 is 5.32 Å². The summed E-state index contributed by atoms with van der Waals surface area (Å²) in [5.41, 5.74) is 0.212. The van der Waals surface area contributed by atoms with Crippen LogP contribution in [0.25, 0.3) is 11.2 Å². The van der Waals surface area contributed by atoms with Crippen molar-refractivity contribution in [1.82, 2.24) is 24.8 Å². The number of fused-ring (bicyclic) bond motifs is 1. The van der Waals surface area contributed by atoms with Crippen LogP contribution in [0.4, 0.5) is 4.79 Å². The molecule has 1 amide bonds. The van der Waals surface area contributed by atoms with Gasteiger partial charge in [-0.15, -0.1) is 0 Å². The molecule has 9 heteroatoms. The molecule has 9 nitrogen and oxygen atoms in total. The molecular weight excluding hydrogens is 326 g/mol. The minimum Gasteiger partial charge on any atom is -0.463 e. The Bertz CT molecular complexity index is 737. The van der Waals surface area contributed by atoms with E-state index in [0.717, 1.165) is 12.8 Å². The van der Waals surface area contributed by atoms with Gasteiger partial charge < -0.3 is 9.47 Å². The zero-order valence-electron chi connectivity index (χ0n) is 14.9. The topological polar surface area (TPSA) is 108 Å². The number of carbonyl (C=O) groups excluding carboxylic acids is 2. The van der Waals surface area contributed by atoms with E-state index in [2.05, 4.69) is 20.3 Å². The molecule has 1 N–H and O–H groups in total. The van der Waals surface area contributed by atoms with Gasteiger partial charge >= 0.3 is 12.1 Å². The summed E-state index contributed by atoms with van der Waals surface area (Å²) < 4.78 is 11.9. The first-order valence-corrected chi connectivity index (χ1v) is 8.10. The van der Waals surface area contributed by atoms with Gasteiger partial charge in [-0.25, -0.2) is 24.5 Å². The van der Waals surface area contributed by atoms with Crippen LogP contribution in [-0.4, -0.2) is 43.8 Å². The standard InChI is InChI=1S/C16H23N5O4/c1-5-6-7-24-14(22)13(20-15(23)25-16(2,3)4)21-10-19-12-11(21)8-17-9-18-12/h8-10,13H,5-7H2,1-4H3,(H,20,23). The van der Waals surface area contributed by atoms with Crippen LogP contribution in [0.5, 0.6) is 0 Å². The fourth-order valence-electron chi connectivity index (χ4n) is 2.04. The summed E-state index contributed by atoms with van der Waals surface area (Å²) >= 11 is 0. The summed E-state index contributed by atoms with van der Waals surface area (Å²) in [5.74, 6) is -0.609. The van der Waals surface area contributed by atoms with Crippen molar-refractivity contribution in [2.75, 3.05) is 6.61 Å². The molecule has 0 aliphatic carbocycles. The van der Waals surface area contributed by atoms with E-state index in [1.165, 1.54) is 23.4 Å². The maximum Gasteiger partial charge on any atom is 0.409 e. The van der Waals surface area contributed by atoms with Gasteiger partial charge in [-0.2, -0.15) is 0 Å². The summed E-state index contributed by atoms with van der Waals surface area (Å²) in [7, 11) is 0. The molecule has 0 saturated carbocycles. The molecule has 0 saturated heterocycles. The van der Waals surface area contributed by atoms with E-state index in [0.29, 0.717) is 11.2 Å². The van der Waals surface area contributed by atoms with Gasteiger partial charge in [0.1, 0.15) is 17.4 Å². The largest absolute Gasteiger partial charge is 0.463 e. The quantitative estimate of drug-likeness (QED) is 0.629. The summed E-state index contributed by atoms with van der Waals surface area (Å²) in [4.78, 5) is 36.7. The Morgan fingerprint density at radius 1 is 1.32 bits per heavy atom. The number of nitrogens with one attached hydrogen (secondary N) is 1. The zero-order chi connectivity index (χ0) is 18.4. The van der Waals surface area contributed by atoms with Crippen molar-refractivity contribution >= 4 is 23.2 Å². The SMILES string of the molecule is CCCCOC(=O)C(NC(=O)OC(C)(C)C)n1cnc2ncncc21. The maximum atomic E-state index is 12.5. The van der Waals surface area contributed by atoms with Gasteiger partial charge in [0.25, 0.3) is 0 Å². The first-order valence-electron chi connectivity index (χ1n) is 8.10. The lowest BCUT2D eigenvalue weighted by Gasteiger charge is -2.23. The highest BCUT2D eigenvalue weighted by molar-refractivity contribution is 5.82. The molecule has 0 aliphatic heterocycles. The number of nitrogens with zero attached hydrogens (tertiary/aromatic N) is 4. The fourth-order valence-corrected chi connectivity index (χ4v) is 2.04. The molecule has 0 radical (unpaired) electrons. The number of imidazole rings is 1. The van der Waals surface area contributed by atoms with Gasteiger partial charge in [-0.1, -0.05) is 13.3 Å². The highest BCUT2D eigenvalue weighted by Gasteiger charge is 2.28. The third kappa shape index (κ3) is 5.13. The van der Waals surface area contributed by atoms with Crippen LogP contribution in [0.15, 0.2) is 18.9 Å². The monoisotopic (exact) mass is 349 g/mol. The van der Waals surface area contributed by atoms with Gasteiger partial charge in [0, 0.05) is 0 Å². The third-order valence-electron chi connectivity index (χ3n) is 3.15. The molecule has 0 aliphatic rings. The average Bonchev–Trinajstić information content (AvgIpc) is 2.95. The Kier molecular flexibility index (Phi) is 5.89. The van der Waals surface area contributed by atoms with E-state index in [1.54, 1.807) is 20.8 Å². The van der Waals surface area contributed by atoms with Crippen molar-refractivity contribution in [2.24, 2.45) is 0 Å². The number of carbonyl (C=O) groups is 2. The van der Waals surface area contributed by atoms with Crippen molar-refractivity contribution in [1.29, 1.82) is 0 Å². The molecule has 25 heavy (non-hydrogen) atoms. The summed E-state index contributed by atoms with van der Waals surface area (Å²) in [6.07, 6.45) is 4.04. The Morgan fingerprint density at radius 3 is 2.76 bits per heavy atom. The van der Waals surface area contributed by atoms with Crippen LogP contribution in [0.3, 0.4) is 0 Å². The third-order valence-corrected chi connectivity index (χ3v) is 3.15. The molecule has 1 atom stereocenters. The molecule has 1 unspecified atom stereocenters. The molecule has 0 spiro atoms. The van der Waals surface area contributed by atoms with Crippen molar-refractivity contribution in [3.8, 4) is 0 Å². The highest BCUT2D eigenvalue weighted by atomic mass is 16.6. The Balaban J connectivity index is 2.25. The van der Waals surface area contributed by atoms with Gasteiger partial charge in [-0.3, -0.25) is 9.88 Å². The number of alkyl carbamates (subject to hydrolysis) is 1. The zero-order valence-corrected chi connectivity index (χ0v) is 14.9. The van der Waals surface area contributed by atoms with Crippen molar-refractivity contribution in [2.45, 2.75) is 52.3 Å². The summed E-state index contributed by atoms with van der Waals surface area (Å²) in [5, 5.41) is 2.53. The van der Waals surface area contributed by atoms with Gasteiger partial charge in [0.15, 0.2) is 5.65 Å². The van der Waals surface area contributed by atoms with E-state index in [-0.39, 0.29) is 6.61 Å². The van der Waals surface area contributed by atoms with Gasteiger partial charge in [-0.05, 0) is 27.2 Å². The van der Waals surface area contributed by atoms with E-state index in [9.17, 15) is 9.59 Å². The van der Waals surface area contributed by atoms with Crippen LogP contribution in [0, 0.1) is 0 Å². The minimum absolute atomic E-state index is 0.269. The van der Waals surface area contributed by atoms with Crippen molar-refractivity contribution < 1.29 is 19.1 Å². The van der Waals surface area contributed by atoms with E-state index < -0.39 is 23.8 Å². The van der Waals surface area contributed by atoms with Gasteiger partial charge in [0.2, 0.25) is 6.17 Å². The summed E-state index contributed by atoms with van der Waals surface area (Å²) in [6, 6.07) is 0. The second kappa shape index (κ2) is 7.91. The van der Waals surface area contributed by atoms with Crippen molar-refractivity contribution in [3.63, 3.8) is 0 Å². The molecule has 136 valence electrons. The first-order chi connectivity index (χ1) is 11.8. The van der Waals surface area contributed by atoms with Crippen LogP contribution in [0.1, 0.15) is 46.7 Å². The number of esters is 1. The smallest absolute Gasteiger partial charge is 0.409 e. The number of amides is 1. The number of ether oxygens (including phenoxy) is 2. The molecular formula is C16H23N5O4. The number of hydrogen-bond acceptors (Lipinski definition) is 7. The predicted octanol–water partition coefficient (Wildman–Crippen LogP) is 2.19. The Morgan fingerprint density at radius 2 is 2.08 bits per heavy atom. The predicted molar refractivity (Wildman–Crippen MR) is 89.6 cm³/mol. The molecule has 2 heterocycles. The second-order valence-electron chi connectivity index (χ2n) is 6.45. The average molecular weight is 349 g/mol. The van der Waals surface area contributed by atoms with Crippen LogP contribution in [0.2, 0.25) is 0 Å². The lowest BCUT2D eigenvalue weighted by molar-refractivity contribution is -0.148. The molecule has 2 rings (SSSR count). The Hall–Kier alpha value is -2.71. The molecule has 0 fully saturated rings. The number of unbranched alkanes of at least 4 members (excludes halogenated alkanes) is 1. The molecule has 2 aromatic rings. The Labute approximate surface area is 145 Å². The number of rotatable bonds is 6. The van der Waals surface area contributed by atoms with E-state index in [1.807, 2.05) is 6.92 Å². The second-order valence-corrected chi connectivity index (χ2v) is 6.45. The molecule has 0 aromatic carbocycles. The van der Waals surface area contributed by atoms with E-state index in [4.69, 9.17) is 9.47 Å². The highest BCUT2D eigenvalue weighted by Crippen LogP contribution is 2.16. The number of hydrogen-bond donors (Lipinski definition) is 1. The maximum absolute atomic E-state index is 12.5. The number of aromatic nitrogens is 4. The lowest BCUT2D eigenvalue weighted by atomic mass is 10.2. The minimum atomic E-state index is -1.12. The molecule has 2 aromatic heterocycles. The summed E-state index contributed by atoms with van der Waals surface area (Å²) in [6.45, 7) is 7.47. The van der Waals surface area contributed by atoms with Gasteiger partial charge in [0.05, 0.1) is 19.1 Å². The fraction of sp³-hybridized carbons (Fsp3) is 0.562. The van der Waals surface area contributed by atoms with Crippen LogP contribution >= 0.6 is 0 Å². The first kappa shape index (κ1) is 18.6. The van der Waals surface area contributed by atoms with Crippen molar-refractivity contribution in [3.05, 3.63) is 18.9 Å². The molecule has 0 bridgehead atoms. The normalized spacial score (nSPS) is 12.6. The lowest BCUT2D eigenvalue weighted by Crippen LogP contribution is -2.41. The van der Waals surface area contributed by atoms with E-state index >= 15 is 0 Å².